The number of fused-ring (bicyclic) bond motifs is 1. The molecule has 2 rings (SSSR count). The van der Waals surface area contributed by atoms with E-state index in [0.717, 1.165) is 15.2 Å². The lowest BCUT2D eigenvalue weighted by Gasteiger charge is -2.13. The fourth-order valence-electron chi connectivity index (χ4n) is 1.97. The Morgan fingerprint density at radius 1 is 1.15 bits per heavy atom. The average Bonchev–Trinajstić information content (AvgIpc) is 2.46. The minimum atomic E-state index is -0.685. The van der Waals surface area contributed by atoms with E-state index in [1.807, 2.05) is 30.3 Å². The van der Waals surface area contributed by atoms with Crippen LogP contribution in [0, 0.1) is 0 Å². The van der Waals surface area contributed by atoms with E-state index < -0.39 is 12.0 Å². The Labute approximate surface area is 125 Å². The van der Waals surface area contributed by atoms with E-state index in [0.29, 0.717) is 5.56 Å². The number of hydrogen-bond acceptors (Lipinski definition) is 3. The summed E-state index contributed by atoms with van der Waals surface area (Å²) in [7, 11) is 1.29. The van der Waals surface area contributed by atoms with Crippen molar-refractivity contribution in [3.63, 3.8) is 0 Å². The molecule has 4 nitrogen and oxygen atoms in total. The van der Waals surface area contributed by atoms with Gasteiger partial charge in [-0.1, -0.05) is 40.2 Å². The van der Waals surface area contributed by atoms with E-state index >= 15 is 0 Å². The minimum Gasteiger partial charge on any atom is -0.467 e. The summed E-state index contributed by atoms with van der Waals surface area (Å²) >= 11 is 3.46. The van der Waals surface area contributed by atoms with E-state index in [-0.39, 0.29) is 5.91 Å². The molecule has 0 aliphatic carbocycles. The molecule has 0 saturated heterocycles. The Hall–Kier alpha value is -1.88. The largest absolute Gasteiger partial charge is 0.467 e. The van der Waals surface area contributed by atoms with Crippen molar-refractivity contribution in [3.8, 4) is 0 Å². The second kappa shape index (κ2) is 6.05. The molecular weight excluding hydrogens is 322 g/mol. The number of hydrogen-bond donors (Lipinski definition) is 1. The van der Waals surface area contributed by atoms with Crippen LogP contribution in [-0.2, 0) is 9.53 Å². The van der Waals surface area contributed by atoms with Crippen LogP contribution in [0.25, 0.3) is 10.8 Å². The molecule has 5 heteroatoms. The van der Waals surface area contributed by atoms with Gasteiger partial charge in [-0.25, -0.2) is 4.79 Å². The number of benzene rings is 2. The van der Waals surface area contributed by atoms with Gasteiger partial charge in [-0.3, -0.25) is 4.79 Å². The van der Waals surface area contributed by atoms with Crippen LogP contribution in [0.15, 0.2) is 40.9 Å². The van der Waals surface area contributed by atoms with Gasteiger partial charge in [0.05, 0.1) is 7.11 Å². The van der Waals surface area contributed by atoms with Crippen LogP contribution in [0.3, 0.4) is 0 Å². The third kappa shape index (κ3) is 2.82. The molecule has 0 spiro atoms. The average molecular weight is 336 g/mol. The van der Waals surface area contributed by atoms with E-state index in [1.54, 1.807) is 13.0 Å². The molecule has 104 valence electrons. The Morgan fingerprint density at radius 3 is 2.45 bits per heavy atom. The van der Waals surface area contributed by atoms with Gasteiger partial charge in [-0.05, 0) is 29.8 Å². The van der Waals surface area contributed by atoms with Crippen molar-refractivity contribution in [2.75, 3.05) is 7.11 Å². The van der Waals surface area contributed by atoms with E-state index in [9.17, 15) is 9.59 Å². The van der Waals surface area contributed by atoms with Gasteiger partial charge >= 0.3 is 5.97 Å². The maximum Gasteiger partial charge on any atom is 0.328 e. The van der Waals surface area contributed by atoms with Crippen LogP contribution in [-0.4, -0.2) is 25.0 Å². The van der Waals surface area contributed by atoms with Crippen molar-refractivity contribution in [2.45, 2.75) is 13.0 Å². The van der Waals surface area contributed by atoms with Crippen molar-refractivity contribution in [1.29, 1.82) is 0 Å². The van der Waals surface area contributed by atoms with Gasteiger partial charge < -0.3 is 10.1 Å². The van der Waals surface area contributed by atoms with Crippen LogP contribution in [0.4, 0.5) is 0 Å². The quantitative estimate of drug-likeness (QED) is 0.877. The number of halogens is 1. The highest BCUT2D eigenvalue weighted by Gasteiger charge is 2.18. The van der Waals surface area contributed by atoms with E-state index in [2.05, 4.69) is 26.0 Å². The SMILES string of the molecule is COC(=O)[C@H](C)NC(=O)c1ccc(Br)c2ccccc12. The number of amides is 1. The molecule has 2 aromatic carbocycles. The Bertz CT molecular complexity index is 669. The zero-order valence-corrected chi connectivity index (χ0v) is 12.7. The van der Waals surface area contributed by atoms with Crippen molar-refractivity contribution in [1.82, 2.24) is 5.32 Å². The summed E-state index contributed by atoms with van der Waals surface area (Å²) in [4.78, 5) is 23.6. The maximum atomic E-state index is 12.3. The minimum absolute atomic E-state index is 0.299. The standard InChI is InChI=1S/C15H14BrNO3/c1-9(15(19)20-2)17-14(18)12-7-8-13(16)11-6-4-3-5-10(11)12/h3-9H,1-2H3,(H,17,18)/t9-/m0/s1. The zero-order valence-electron chi connectivity index (χ0n) is 11.1. The molecule has 0 bridgehead atoms. The number of carbonyl (C=O) groups excluding carboxylic acids is 2. The molecule has 0 heterocycles. The number of esters is 1. The predicted molar refractivity (Wildman–Crippen MR) is 80.6 cm³/mol. The molecule has 0 fully saturated rings. The Kier molecular flexibility index (Phi) is 4.39. The van der Waals surface area contributed by atoms with E-state index in [4.69, 9.17) is 0 Å². The lowest BCUT2D eigenvalue weighted by molar-refractivity contribution is -0.142. The number of ether oxygens (including phenoxy) is 1. The van der Waals surface area contributed by atoms with Crippen LogP contribution < -0.4 is 5.32 Å². The third-order valence-electron chi connectivity index (χ3n) is 3.02. The molecule has 0 radical (unpaired) electrons. The van der Waals surface area contributed by atoms with E-state index in [1.165, 1.54) is 7.11 Å². The first kappa shape index (κ1) is 14.5. The summed E-state index contributed by atoms with van der Waals surface area (Å²) in [5.74, 6) is -0.772. The van der Waals surface area contributed by atoms with Gasteiger partial charge in [0, 0.05) is 10.0 Å². The molecule has 1 atom stereocenters. The summed E-state index contributed by atoms with van der Waals surface area (Å²) in [6, 6.07) is 10.4. The molecule has 1 amide bonds. The number of nitrogens with one attached hydrogen (secondary N) is 1. The second-order valence-corrected chi connectivity index (χ2v) is 5.21. The number of rotatable bonds is 3. The Morgan fingerprint density at radius 2 is 1.80 bits per heavy atom. The molecule has 0 aliphatic heterocycles. The first-order valence-corrected chi connectivity index (χ1v) is 6.90. The maximum absolute atomic E-state index is 12.3. The molecule has 2 aromatic rings. The molecule has 0 unspecified atom stereocenters. The van der Waals surface area contributed by atoms with Gasteiger partial charge in [0.1, 0.15) is 6.04 Å². The monoisotopic (exact) mass is 335 g/mol. The van der Waals surface area contributed by atoms with Gasteiger partial charge in [0.25, 0.3) is 5.91 Å². The van der Waals surface area contributed by atoms with Crippen LogP contribution in [0.5, 0.6) is 0 Å². The highest BCUT2D eigenvalue weighted by Crippen LogP contribution is 2.26. The fraction of sp³-hybridized carbons (Fsp3) is 0.200. The van der Waals surface area contributed by atoms with Crippen molar-refractivity contribution in [3.05, 3.63) is 46.4 Å². The van der Waals surface area contributed by atoms with Crippen LogP contribution in [0.1, 0.15) is 17.3 Å². The molecular formula is C15H14BrNO3. The molecule has 1 N–H and O–H groups in total. The van der Waals surface area contributed by atoms with Gasteiger partial charge in [0.15, 0.2) is 0 Å². The summed E-state index contributed by atoms with van der Waals surface area (Å²) < 4.78 is 5.52. The first-order valence-electron chi connectivity index (χ1n) is 6.10. The molecule has 20 heavy (non-hydrogen) atoms. The van der Waals surface area contributed by atoms with Crippen LogP contribution >= 0.6 is 15.9 Å². The lowest BCUT2D eigenvalue weighted by atomic mass is 10.0. The topological polar surface area (TPSA) is 55.4 Å². The molecule has 0 aromatic heterocycles. The third-order valence-corrected chi connectivity index (χ3v) is 3.71. The summed E-state index contributed by atoms with van der Waals surface area (Å²) in [5, 5.41) is 4.41. The zero-order chi connectivity index (χ0) is 14.7. The van der Waals surface area contributed by atoms with Crippen molar-refractivity contribution in [2.24, 2.45) is 0 Å². The number of carbonyl (C=O) groups is 2. The summed E-state index contributed by atoms with van der Waals surface area (Å²) in [5.41, 5.74) is 0.527. The fourth-order valence-corrected chi connectivity index (χ4v) is 2.45. The van der Waals surface area contributed by atoms with Gasteiger partial charge in [-0.15, -0.1) is 0 Å². The summed E-state index contributed by atoms with van der Waals surface area (Å²) in [6.45, 7) is 1.59. The second-order valence-electron chi connectivity index (χ2n) is 4.36. The Balaban J connectivity index is 2.36. The van der Waals surface area contributed by atoms with Gasteiger partial charge in [-0.2, -0.15) is 0 Å². The molecule has 0 saturated carbocycles. The highest BCUT2D eigenvalue weighted by molar-refractivity contribution is 9.10. The first-order chi connectivity index (χ1) is 9.54. The smallest absolute Gasteiger partial charge is 0.328 e. The normalized spacial score (nSPS) is 11.9. The van der Waals surface area contributed by atoms with Crippen molar-refractivity contribution < 1.29 is 14.3 Å². The van der Waals surface area contributed by atoms with Gasteiger partial charge in [0.2, 0.25) is 0 Å². The molecule has 0 aliphatic rings. The number of methoxy groups -OCH3 is 1. The highest BCUT2D eigenvalue weighted by atomic mass is 79.9. The van der Waals surface area contributed by atoms with Crippen LogP contribution in [0.2, 0.25) is 0 Å². The van der Waals surface area contributed by atoms with Crippen molar-refractivity contribution >= 4 is 38.6 Å². The lowest BCUT2D eigenvalue weighted by Crippen LogP contribution is -2.39. The predicted octanol–water partition coefficient (Wildman–Crippen LogP) is 2.89. The summed E-state index contributed by atoms with van der Waals surface area (Å²) in [6.07, 6.45) is 0.